The molecule has 0 spiro atoms. The summed E-state index contributed by atoms with van der Waals surface area (Å²) in [6.07, 6.45) is 11.4. The Hall–Kier alpha value is -3.54. The number of fused-ring (bicyclic) bond motifs is 1. The summed E-state index contributed by atoms with van der Waals surface area (Å²) in [5.74, 6) is 8.32. The van der Waals surface area contributed by atoms with Gasteiger partial charge in [-0.25, -0.2) is 0 Å². The van der Waals surface area contributed by atoms with Gasteiger partial charge < -0.3 is 4.74 Å². The van der Waals surface area contributed by atoms with E-state index in [1.807, 2.05) is 48.7 Å². The Kier molecular flexibility index (Phi) is 4.81. The number of nitrogens with zero attached hydrogens (tertiary/aromatic N) is 3. The molecule has 0 radical (unpaired) electrons. The Bertz CT molecular complexity index is 1250. The fourth-order valence-corrected chi connectivity index (χ4v) is 3.93. The van der Waals surface area contributed by atoms with Crippen molar-refractivity contribution in [1.82, 2.24) is 0 Å². The van der Waals surface area contributed by atoms with Gasteiger partial charge in [0.2, 0.25) is 5.70 Å². The van der Waals surface area contributed by atoms with Gasteiger partial charge in [-0.1, -0.05) is 69.3 Å². The van der Waals surface area contributed by atoms with Gasteiger partial charge in [0.05, 0.1) is 18.0 Å². The maximum Gasteiger partial charge on any atom is 0.265 e. The van der Waals surface area contributed by atoms with Crippen LogP contribution in [0.2, 0.25) is 0 Å². The Balaban J connectivity index is 1.38. The number of quaternary nitrogens is 1. The van der Waals surface area contributed by atoms with Gasteiger partial charge in [-0.15, -0.1) is 4.59 Å². The lowest BCUT2D eigenvalue weighted by Gasteiger charge is -2.26. The lowest BCUT2D eigenvalue weighted by Crippen LogP contribution is -2.53. The summed E-state index contributed by atoms with van der Waals surface area (Å²) in [4.78, 5) is 9.19. The summed E-state index contributed by atoms with van der Waals surface area (Å²) >= 11 is 0. The van der Waals surface area contributed by atoms with Crippen molar-refractivity contribution in [1.29, 1.82) is 0 Å². The van der Waals surface area contributed by atoms with Gasteiger partial charge in [0, 0.05) is 5.57 Å². The fraction of sp³-hybridized carbons (Fsp3) is 0.185. The molecule has 2 aliphatic heterocycles. The first-order chi connectivity index (χ1) is 15.3. The third-order valence-electron chi connectivity index (χ3n) is 5.94. The molecule has 1 atom stereocenters. The highest BCUT2D eigenvalue weighted by Gasteiger charge is 2.44. The Labute approximate surface area is 188 Å². The van der Waals surface area contributed by atoms with Crippen molar-refractivity contribution < 1.29 is 9.33 Å². The number of aliphatic imine (C=N–C) groups is 2. The second-order valence-corrected chi connectivity index (χ2v) is 9.27. The first kappa shape index (κ1) is 20.4. The predicted octanol–water partition coefficient (Wildman–Crippen LogP) is 5.28. The van der Waals surface area contributed by atoms with Crippen molar-refractivity contribution in [2.75, 3.05) is 0 Å². The minimum atomic E-state index is 0.00172. The minimum Gasteiger partial charge on any atom is -0.489 e. The number of amidine groups is 1. The van der Waals surface area contributed by atoms with Crippen LogP contribution in [0.15, 0.2) is 106 Å². The molecule has 2 N–H and O–H groups in total. The number of rotatable bonds is 5. The number of nitrogens with two attached hydrogens (primary N) is 1. The zero-order chi connectivity index (χ0) is 22.3. The predicted molar refractivity (Wildman–Crippen MR) is 129 cm³/mol. The summed E-state index contributed by atoms with van der Waals surface area (Å²) in [6, 6.07) is 16.6. The van der Waals surface area contributed by atoms with Crippen LogP contribution in [-0.2, 0) is 12.0 Å². The quantitative estimate of drug-likeness (QED) is 0.526. The Morgan fingerprint density at radius 1 is 1.06 bits per heavy atom. The number of ether oxygens (including phenoxy) is 1. The molecule has 0 saturated heterocycles. The highest BCUT2D eigenvalue weighted by Crippen LogP contribution is 2.36. The van der Waals surface area contributed by atoms with Crippen LogP contribution in [0, 0.1) is 0 Å². The van der Waals surface area contributed by atoms with Crippen LogP contribution < -0.4 is 10.6 Å². The van der Waals surface area contributed by atoms with E-state index in [9.17, 15) is 0 Å². The SMILES string of the molecule is CC(C)(C)c1ccc(COc2cccc(C3=NC(C4=CC=C4)=C4C=NC=C[N+]34N)c2)cc1. The van der Waals surface area contributed by atoms with Crippen LogP contribution in [0.25, 0.3) is 0 Å². The fourth-order valence-electron chi connectivity index (χ4n) is 3.93. The molecule has 0 bridgehead atoms. The number of benzene rings is 2. The summed E-state index contributed by atoms with van der Waals surface area (Å²) in [6.45, 7) is 7.15. The third kappa shape index (κ3) is 3.55. The minimum absolute atomic E-state index is 0.00172. The molecule has 2 aromatic rings. The van der Waals surface area contributed by atoms with E-state index in [0.717, 1.165) is 39.7 Å². The second-order valence-electron chi connectivity index (χ2n) is 9.27. The summed E-state index contributed by atoms with van der Waals surface area (Å²) in [5.41, 5.74) is 6.30. The van der Waals surface area contributed by atoms with E-state index < -0.39 is 0 Å². The van der Waals surface area contributed by atoms with Gasteiger partial charge in [-0.2, -0.15) is 10.8 Å². The Morgan fingerprint density at radius 3 is 2.53 bits per heavy atom. The average Bonchev–Trinajstić information content (AvgIpc) is 3.04. The molecule has 2 aromatic carbocycles. The van der Waals surface area contributed by atoms with Crippen LogP contribution >= 0.6 is 0 Å². The molecule has 32 heavy (non-hydrogen) atoms. The molecule has 5 nitrogen and oxygen atoms in total. The van der Waals surface area contributed by atoms with Crippen LogP contribution in [0.4, 0.5) is 0 Å². The third-order valence-corrected chi connectivity index (χ3v) is 5.94. The molecule has 0 aromatic heterocycles. The lowest BCUT2D eigenvalue weighted by molar-refractivity contribution is -0.750. The van der Waals surface area contributed by atoms with E-state index in [-0.39, 0.29) is 10.0 Å². The maximum absolute atomic E-state index is 6.79. The van der Waals surface area contributed by atoms with Gasteiger partial charge in [-0.05, 0) is 34.7 Å². The Morgan fingerprint density at radius 2 is 1.84 bits per heavy atom. The molecule has 0 saturated carbocycles. The van der Waals surface area contributed by atoms with E-state index in [4.69, 9.17) is 15.6 Å². The highest BCUT2D eigenvalue weighted by atomic mass is 16.5. The number of allylic oxidation sites excluding steroid dienone is 4. The maximum atomic E-state index is 6.79. The zero-order valence-corrected chi connectivity index (χ0v) is 18.6. The van der Waals surface area contributed by atoms with Crippen molar-refractivity contribution in [3.05, 3.63) is 113 Å². The molecule has 2 heterocycles. The van der Waals surface area contributed by atoms with Crippen molar-refractivity contribution in [2.45, 2.75) is 32.8 Å². The van der Waals surface area contributed by atoms with E-state index in [1.165, 1.54) is 5.56 Å². The smallest absolute Gasteiger partial charge is 0.265 e. The van der Waals surface area contributed by atoms with Crippen molar-refractivity contribution in [3.63, 3.8) is 0 Å². The lowest BCUT2D eigenvalue weighted by atomic mass is 9.87. The van der Waals surface area contributed by atoms with E-state index in [2.05, 4.69) is 50.0 Å². The summed E-state index contributed by atoms with van der Waals surface area (Å²) in [7, 11) is 0. The zero-order valence-electron chi connectivity index (χ0n) is 18.6. The van der Waals surface area contributed by atoms with Gasteiger partial charge in [0.15, 0.2) is 0 Å². The molecule has 0 amide bonds. The van der Waals surface area contributed by atoms with Crippen LogP contribution in [-0.4, -0.2) is 16.6 Å². The molecule has 3 aliphatic rings. The van der Waals surface area contributed by atoms with Gasteiger partial charge in [0.1, 0.15) is 24.3 Å². The van der Waals surface area contributed by atoms with Crippen molar-refractivity contribution in [3.8, 4) is 5.75 Å². The largest absolute Gasteiger partial charge is 0.489 e. The average molecular weight is 424 g/mol. The van der Waals surface area contributed by atoms with Gasteiger partial charge >= 0.3 is 0 Å². The van der Waals surface area contributed by atoms with E-state index in [0.29, 0.717) is 6.61 Å². The normalized spacial score (nSPS) is 21.2. The number of hydrogen-bond donors (Lipinski definition) is 1. The molecule has 5 rings (SSSR count). The van der Waals surface area contributed by atoms with E-state index in [1.54, 1.807) is 12.4 Å². The summed E-state index contributed by atoms with van der Waals surface area (Å²) < 4.78 is 6.11. The molecular weight excluding hydrogens is 396 g/mol. The van der Waals surface area contributed by atoms with Gasteiger partial charge in [-0.3, -0.25) is 4.99 Å². The highest BCUT2D eigenvalue weighted by molar-refractivity contribution is 6.01. The van der Waals surface area contributed by atoms with Crippen LogP contribution in [0.5, 0.6) is 5.75 Å². The van der Waals surface area contributed by atoms with Gasteiger partial charge in [0.25, 0.3) is 5.84 Å². The molecular formula is C27H27N4O+. The summed E-state index contributed by atoms with van der Waals surface area (Å²) in [5, 5.41) is 0. The first-order valence-electron chi connectivity index (χ1n) is 10.8. The van der Waals surface area contributed by atoms with Crippen molar-refractivity contribution in [2.24, 2.45) is 15.8 Å². The van der Waals surface area contributed by atoms with Crippen LogP contribution in [0.1, 0.15) is 37.5 Å². The van der Waals surface area contributed by atoms with E-state index >= 15 is 0 Å². The monoisotopic (exact) mass is 423 g/mol. The molecule has 0 fully saturated rings. The molecule has 5 heteroatoms. The molecule has 1 unspecified atom stereocenters. The molecule has 160 valence electrons. The first-order valence-corrected chi connectivity index (χ1v) is 10.8. The standard InChI is InChI=1S/C27H27N4O/c1-27(2,3)22-12-10-19(11-13-22)18-32-23-9-5-8-21(16-23)26-30-25(20-6-4-7-20)24-17-29-14-15-31(24,26)28/h4-17H,18,28H2,1-3H3/q+1. The molecule has 1 aliphatic carbocycles. The second kappa shape index (κ2) is 7.55. The topological polar surface area (TPSA) is 60.0 Å². The van der Waals surface area contributed by atoms with Crippen LogP contribution in [0.3, 0.4) is 0 Å². The number of hydrogen-bond acceptors (Lipinski definition) is 4. The van der Waals surface area contributed by atoms with Crippen molar-refractivity contribution >= 4 is 12.1 Å².